The molecule has 1 aliphatic heterocycles. The van der Waals surface area contributed by atoms with Crippen molar-refractivity contribution >= 4 is 0 Å². The van der Waals surface area contributed by atoms with Crippen molar-refractivity contribution in [2.45, 2.75) is 51.2 Å². The summed E-state index contributed by atoms with van der Waals surface area (Å²) in [5.74, 6) is 0. The van der Waals surface area contributed by atoms with Gasteiger partial charge in [-0.25, -0.2) is 0 Å². The molecule has 1 fully saturated rings. The third-order valence-corrected chi connectivity index (χ3v) is 3.38. The molecule has 1 saturated heterocycles. The van der Waals surface area contributed by atoms with Gasteiger partial charge in [0, 0.05) is 19.1 Å². The zero-order chi connectivity index (χ0) is 12.0. The first kappa shape index (κ1) is 13.9. The Morgan fingerprint density at radius 1 is 1.25 bits per heavy atom. The van der Waals surface area contributed by atoms with Gasteiger partial charge in [-0.05, 0) is 33.5 Å². The van der Waals surface area contributed by atoms with Crippen LogP contribution in [0.1, 0.15) is 39.0 Å². The van der Waals surface area contributed by atoms with Crippen molar-refractivity contribution in [1.82, 2.24) is 9.80 Å². The lowest BCUT2D eigenvalue weighted by Crippen LogP contribution is -2.38. The van der Waals surface area contributed by atoms with Gasteiger partial charge in [0.1, 0.15) is 0 Å². The summed E-state index contributed by atoms with van der Waals surface area (Å²) in [6.07, 6.45) is 6.10. The Hall–Kier alpha value is -0.120. The van der Waals surface area contributed by atoms with E-state index in [1.54, 1.807) is 0 Å². The molecule has 1 N–H and O–H groups in total. The van der Waals surface area contributed by atoms with Gasteiger partial charge in [-0.15, -0.1) is 0 Å². The van der Waals surface area contributed by atoms with E-state index in [2.05, 4.69) is 30.8 Å². The molecule has 2 unspecified atom stereocenters. The minimum atomic E-state index is -0.101. The zero-order valence-electron chi connectivity index (χ0n) is 11.2. The fourth-order valence-electron chi connectivity index (χ4n) is 2.58. The minimum Gasteiger partial charge on any atom is -0.392 e. The second kappa shape index (κ2) is 7.25. The topological polar surface area (TPSA) is 26.7 Å². The van der Waals surface area contributed by atoms with Crippen LogP contribution in [0, 0.1) is 0 Å². The summed E-state index contributed by atoms with van der Waals surface area (Å²) >= 11 is 0. The Balaban J connectivity index is 2.26. The van der Waals surface area contributed by atoms with Gasteiger partial charge in [0.2, 0.25) is 0 Å². The highest BCUT2D eigenvalue weighted by molar-refractivity contribution is 4.86. The lowest BCUT2D eigenvalue weighted by Gasteiger charge is -2.26. The van der Waals surface area contributed by atoms with Crippen molar-refractivity contribution in [2.75, 3.05) is 33.7 Å². The highest BCUT2D eigenvalue weighted by Gasteiger charge is 2.30. The molecule has 0 spiro atoms. The van der Waals surface area contributed by atoms with Crippen LogP contribution in [0.15, 0.2) is 0 Å². The van der Waals surface area contributed by atoms with Gasteiger partial charge >= 0.3 is 0 Å². The molecule has 0 aromatic carbocycles. The van der Waals surface area contributed by atoms with E-state index in [9.17, 15) is 5.11 Å². The molecule has 16 heavy (non-hydrogen) atoms. The third kappa shape index (κ3) is 4.81. The molecule has 1 aliphatic rings. The van der Waals surface area contributed by atoms with Crippen LogP contribution in [0.4, 0.5) is 0 Å². The first-order valence-corrected chi connectivity index (χ1v) is 6.70. The van der Waals surface area contributed by atoms with Crippen LogP contribution in [-0.2, 0) is 0 Å². The Bertz CT molecular complexity index is 185. The summed E-state index contributed by atoms with van der Waals surface area (Å²) < 4.78 is 0. The molecule has 1 heterocycles. The first-order chi connectivity index (χ1) is 7.63. The summed E-state index contributed by atoms with van der Waals surface area (Å²) in [7, 11) is 4.22. The van der Waals surface area contributed by atoms with E-state index in [0.29, 0.717) is 6.04 Å². The highest BCUT2D eigenvalue weighted by Crippen LogP contribution is 2.19. The Morgan fingerprint density at radius 2 is 2.00 bits per heavy atom. The smallest absolute Gasteiger partial charge is 0.0682 e. The van der Waals surface area contributed by atoms with E-state index in [-0.39, 0.29) is 6.10 Å². The quantitative estimate of drug-likeness (QED) is 0.670. The van der Waals surface area contributed by atoms with Gasteiger partial charge in [0.15, 0.2) is 0 Å². The number of unbranched alkanes of at least 4 members (excludes halogenated alkanes) is 3. The number of aliphatic hydroxyl groups excluding tert-OH is 1. The molecule has 0 aliphatic carbocycles. The Kier molecular flexibility index (Phi) is 6.32. The number of β-amino-alcohol motifs (C(OH)–C–C–N with tert-alkyl or cyclic N) is 1. The lowest BCUT2D eigenvalue weighted by atomic mass is 10.1. The average molecular weight is 228 g/mol. The van der Waals surface area contributed by atoms with E-state index in [1.807, 2.05) is 0 Å². The monoisotopic (exact) mass is 228 g/mol. The third-order valence-electron chi connectivity index (χ3n) is 3.38. The molecule has 96 valence electrons. The summed E-state index contributed by atoms with van der Waals surface area (Å²) in [5.41, 5.74) is 0. The fraction of sp³-hybridized carbons (Fsp3) is 1.00. The van der Waals surface area contributed by atoms with Crippen molar-refractivity contribution in [3.63, 3.8) is 0 Å². The highest BCUT2D eigenvalue weighted by atomic mass is 16.3. The average Bonchev–Trinajstić information content (AvgIpc) is 2.53. The normalized spacial score (nSPS) is 26.8. The van der Waals surface area contributed by atoms with Gasteiger partial charge in [-0.1, -0.05) is 26.2 Å². The van der Waals surface area contributed by atoms with E-state index >= 15 is 0 Å². The van der Waals surface area contributed by atoms with E-state index in [1.165, 1.54) is 25.7 Å². The number of hydrogen-bond donors (Lipinski definition) is 1. The SMILES string of the molecule is CCCCCCN1CC(O)CC1CN(C)C. The molecule has 2 atom stereocenters. The maximum atomic E-state index is 9.73. The molecule has 0 aromatic heterocycles. The van der Waals surface area contributed by atoms with Crippen LogP contribution in [-0.4, -0.2) is 60.8 Å². The second-order valence-electron chi connectivity index (χ2n) is 5.36. The van der Waals surface area contributed by atoms with Gasteiger partial charge in [0.25, 0.3) is 0 Å². The van der Waals surface area contributed by atoms with Gasteiger partial charge in [-0.2, -0.15) is 0 Å². The van der Waals surface area contributed by atoms with Gasteiger partial charge < -0.3 is 10.0 Å². The number of nitrogens with zero attached hydrogens (tertiary/aromatic N) is 2. The van der Waals surface area contributed by atoms with Gasteiger partial charge in [0.05, 0.1) is 6.10 Å². The molecule has 1 rings (SSSR count). The fourth-order valence-corrected chi connectivity index (χ4v) is 2.58. The van der Waals surface area contributed by atoms with E-state index in [0.717, 1.165) is 26.1 Å². The molecule has 0 amide bonds. The van der Waals surface area contributed by atoms with Crippen molar-refractivity contribution in [2.24, 2.45) is 0 Å². The lowest BCUT2D eigenvalue weighted by molar-refractivity contribution is 0.171. The molecular weight excluding hydrogens is 200 g/mol. The second-order valence-corrected chi connectivity index (χ2v) is 5.36. The van der Waals surface area contributed by atoms with Gasteiger partial charge in [-0.3, -0.25) is 4.90 Å². The van der Waals surface area contributed by atoms with Crippen molar-refractivity contribution in [3.8, 4) is 0 Å². The number of likely N-dealkylation sites (N-methyl/N-ethyl adjacent to an activating group) is 1. The number of hydrogen-bond acceptors (Lipinski definition) is 3. The molecule has 0 bridgehead atoms. The summed E-state index contributed by atoms with van der Waals surface area (Å²) in [5, 5.41) is 9.73. The maximum absolute atomic E-state index is 9.73. The Morgan fingerprint density at radius 3 is 2.62 bits per heavy atom. The largest absolute Gasteiger partial charge is 0.392 e. The van der Waals surface area contributed by atoms with E-state index in [4.69, 9.17) is 0 Å². The summed E-state index contributed by atoms with van der Waals surface area (Å²) in [4.78, 5) is 4.70. The molecule has 0 saturated carbocycles. The van der Waals surface area contributed by atoms with Crippen LogP contribution in [0.5, 0.6) is 0 Å². The Labute approximate surface area is 100 Å². The maximum Gasteiger partial charge on any atom is 0.0682 e. The summed E-state index contributed by atoms with van der Waals surface area (Å²) in [6, 6.07) is 0.562. The molecule has 0 radical (unpaired) electrons. The van der Waals surface area contributed by atoms with Crippen molar-refractivity contribution < 1.29 is 5.11 Å². The first-order valence-electron chi connectivity index (χ1n) is 6.70. The predicted molar refractivity (Wildman–Crippen MR) is 68.7 cm³/mol. The standard InChI is InChI=1S/C13H28N2O/c1-4-5-6-7-8-15-11-13(16)9-12(15)10-14(2)3/h12-13,16H,4-11H2,1-3H3. The van der Waals surface area contributed by atoms with Crippen LogP contribution in [0.2, 0.25) is 0 Å². The van der Waals surface area contributed by atoms with E-state index < -0.39 is 0 Å². The number of likely N-dealkylation sites (tertiary alicyclic amines) is 1. The number of rotatable bonds is 7. The zero-order valence-corrected chi connectivity index (χ0v) is 11.2. The molecule has 3 heteroatoms. The molecular formula is C13H28N2O. The predicted octanol–water partition coefficient (Wildman–Crippen LogP) is 1.56. The van der Waals surface area contributed by atoms with Crippen molar-refractivity contribution in [1.29, 1.82) is 0 Å². The molecule has 3 nitrogen and oxygen atoms in total. The van der Waals surface area contributed by atoms with Crippen molar-refractivity contribution in [3.05, 3.63) is 0 Å². The van der Waals surface area contributed by atoms with Crippen LogP contribution < -0.4 is 0 Å². The van der Waals surface area contributed by atoms with Crippen LogP contribution in [0.3, 0.4) is 0 Å². The molecule has 0 aromatic rings. The van der Waals surface area contributed by atoms with Crippen LogP contribution >= 0.6 is 0 Å². The minimum absolute atomic E-state index is 0.101. The summed E-state index contributed by atoms with van der Waals surface area (Å²) in [6.45, 7) is 5.36. The van der Waals surface area contributed by atoms with Crippen LogP contribution in [0.25, 0.3) is 0 Å². The number of aliphatic hydroxyl groups is 1.